The number of rotatable bonds is 6. The molecule has 1 aliphatic rings. The number of aromatic nitrogens is 1. The number of nitrogens with one attached hydrogen (secondary N) is 1. The van der Waals surface area contributed by atoms with E-state index >= 15 is 0 Å². The molecule has 2 aromatic heterocycles. The summed E-state index contributed by atoms with van der Waals surface area (Å²) in [5, 5.41) is 3.88. The Morgan fingerprint density at radius 3 is 2.63 bits per heavy atom. The molecule has 0 spiro atoms. The highest BCUT2D eigenvalue weighted by Gasteiger charge is 2.20. The third-order valence-corrected chi connectivity index (χ3v) is 5.49. The number of nitrogens with zero attached hydrogens (tertiary/aromatic N) is 2. The molecular formula is C22H24ClN3O4. The van der Waals surface area contributed by atoms with Gasteiger partial charge in [0.1, 0.15) is 11.3 Å². The van der Waals surface area contributed by atoms with Crippen molar-refractivity contribution in [3.05, 3.63) is 68.7 Å². The smallest absolute Gasteiger partial charge is 0.257 e. The fraction of sp³-hybridized carbons (Fsp3) is 0.364. The summed E-state index contributed by atoms with van der Waals surface area (Å²) < 4.78 is 13.2. The Balaban J connectivity index is 1.58. The van der Waals surface area contributed by atoms with Crippen LogP contribution in [0, 0.1) is 0 Å². The number of furan rings is 1. The zero-order valence-electron chi connectivity index (χ0n) is 16.8. The molecule has 1 saturated heterocycles. The lowest BCUT2D eigenvalue weighted by atomic mass is 10.1. The van der Waals surface area contributed by atoms with E-state index in [2.05, 4.69) is 10.2 Å². The molecule has 1 aliphatic heterocycles. The van der Waals surface area contributed by atoms with Gasteiger partial charge < -0.3 is 19.0 Å². The van der Waals surface area contributed by atoms with E-state index in [1.807, 2.05) is 19.1 Å². The molecule has 8 heteroatoms. The summed E-state index contributed by atoms with van der Waals surface area (Å²) in [6.45, 7) is 6.50. The fourth-order valence-corrected chi connectivity index (χ4v) is 3.69. The van der Waals surface area contributed by atoms with E-state index < -0.39 is 5.91 Å². The van der Waals surface area contributed by atoms with Crippen molar-refractivity contribution >= 4 is 28.6 Å². The molecular weight excluding hydrogens is 406 g/mol. The Hall–Kier alpha value is -2.61. The molecule has 1 aromatic carbocycles. The number of carbonyl (C=O) groups excluding carboxylic acids is 1. The Labute approximate surface area is 179 Å². The zero-order chi connectivity index (χ0) is 21.1. The van der Waals surface area contributed by atoms with E-state index in [-0.39, 0.29) is 11.0 Å². The van der Waals surface area contributed by atoms with E-state index in [0.717, 1.165) is 18.7 Å². The Bertz CT molecular complexity index is 1100. The number of fused-ring (bicyclic) bond motifs is 1. The standard InChI is InChI=1S/C22H24ClN3O4/c1-2-26-14-19(21(28)24-12-15-3-5-16(23)6-4-15)20(27)18-11-17(30-22(18)26)13-25-7-9-29-10-8-25/h3-6,11,14H,2,7-10,12-13H2,1H3,(H,24,28). The predicted molar refractivity (Wildman–Crippen MR) is 115 cm³/mol. The van der Waals surface area contributed by atoms with E-state index in [4.69, 9.17) is 20.8 Å². The van der Waals surface area contributed by atoms with Crippen LogP contribution in [-0.2, 0) is 24.4 Å². The number of ether oxygens (including phenoxy) is 1. The maximum Gasteiger partial charge on any atom is 0.257 e. The summed E-state index contributed by atoms with van der Waals surface area (Å²) in [5.74, 6) is 0.305. The van der Waals surface area contributed by atoms with Crippen molar-refractivity contribution < 1.29 is 13.9 Å². The highest BCUT2D eigenvalue weighted by atomic mass is 35.5. The van der Waals surface area contributed by atoms with Crippen LogP contribution in [-0.4, -0.2) is 41.7 Å². The summed E-state index contributed by atoms with van der Waals surface area (Å²) in [5.41, 5.74) is 1.19. The summed E-state index contributed by atoms with van der Waals surface area (Å²) in [6, 6.07) is 8.96. The second kappa shape index (κ2) is 9.04. The number of carbonyl (C=O) groups is 1. The molecule has 0 radical (unpaired) electrons. The van der Waals surface area contributed by atoms with Gasteiger partial charge in [0.2, 0.25) is 11.1 Å². The largest absolute Gasteiger partial charge is 0.443 e. The van der Waals surface area contributed by atoms with E-state index in [1.54, 1.807) is 29.0 Å². The maximum atomic E-state index is 13.0. The van der Waals surface area contributed by atoms with Gasteiger partial charge in [-0.1, -0.05) is 23.7 Å². The Kier molecular flexibility index (Phi) is 6.22. The highest BCUT2D eigenvalue weighted by molar-refractivity contribution is 6.30. The molecule has 0 atom stereocenters. The van der Waals surface area contributed by atoms with Crippen LogP contribution in [0.3, 0.4) is 0 Å². The summed E-state index contributed by atoms with van der Waals surface area (Å²) in [6.07, 6.45) is 1.57. The predicted octanol–water partition coefficient (Wildman–Crippen LogP) is 3.03. The minimum atomic E-state index is -0.407. The topological polar surface area (TPSA) is 76.7 Å². The number of pyridine rings is 1. The molecule has 30 heavy (non-hydrogen) atoms. The molecule has 1 amide bonds. The van der Waals surface area contributed by atoms with Gasteiger partial charge in [-0.05, 0) is 30.7 Å². The minimum absolute atomic E-state index is 0.108. The number of hydrogen-bond donors (Lipinski definition) is 1. The number of benzene rings is 1. The van der Waals surface area contributed by atoms with Crippen molar-refractivity contribution in [2.24, 2.45) is 0 Å². The van der Waals surface area contributed by atoms with Crippen molar-refractivity contribution in [2.45, 2.75) is 26.6 Å². The molecule has 1 N–H and O–H groups in total. The van der Waals surface area contributed by atoms with Crippen molar-refractivity contribution in [3.63, 3.8) is 0 Å². The first kappa shape index (κ1) is 20.7. The van der Waals surface area contributed by atoms with Gasteiger partial charge in [-0.3, -0.25) is 14.5 Å². The third-order valence-electron chi connectivity index (χ3n) is 5.23. The van der Waals surface area contributed by atoms with Gasteiger partial charge in [0.25, 0.3) is 5.91 Å². The Morgan fingerprint density at radius 2 is 1.93 bits per heavy atom. The molecule has 0 bridgehead atoms. The van der Waals surface area contributed by atoms with Gasteiger partial charge >= 0.3 is 0 Å². The first-order valence-corrected chi connectivity index (χ1v) is 10.4. The zero-order valence-corrected chi connectivity index (χ0v) is 17.6. The molecule has 1 fully saturated rings. The van der Waals surface area contributed by atoms with Crippen molar-refractivity contribution in [1.82, 2.24) is 14.8 Å². The van der Waals surface area contributed by atoms with Crippen LogP contribution < -0.4 is 10.7 Å². The normalized spacial score (nSPS) is 14.9. The number of amides is 1. The molecule has 0 aliphatic carbocycles. The van der Waals surface area contributed by atoms with Crippen molar-refractivity contribution in [3.8, 4) is 0 Å². The van der Waals surface area contributed by atoms with Crippen LogP contribution in [0.5, 0.6) is 0 Å². The molecule has 3 aromatic rings. The molecule has 0 saturated carbocycles. The van der Waals surface area contributed by atoms with Gasteiger partial charge in [0, 0.05) is 37.4 Å². The van der Waals surface area contributed by atoms with E-state index in [9.17, 15) is 9.59 Å². The van der Waals surface area contributed by atoms with Crippen molar-refractivity contribution in [2.75, 3.05) is 26.3 Å². The average molecular weight is 430 g/mol. The summed E-state index contributed by atoms with van der Waals surface area (Å²) in [4.78, 5) is 28.0. The second-order valence-electron chi connectivity index (χ2n) is 7.29. The second-order valence-corrected chi connectivity index (χ2v) is 7.72. The fourth-order valence-electron chi connectivity index (χ4n) is 3.56. The lowest BCUT2D eigenvalue weighted by Gasteiger charge is -2.25. The van der Waals surface area contributed by atoms with Gasteiger partial charge in [0.15, 0.2) is 0 Å². The van der Waals surface area contributed by atoms with Crippen LogP contribution in [0.15, 0.2) is 45.7 Å². The minimum Gasteiger partial charge on any atom is -0.443 e. The molecule has 158 valence electrons. The third kappa shape index (κ3) is 4.43. The van der Waals surface area contributed by atoms with Crippen LogP contribution in [0.1, 0.15) is 28.6 Å². The monoisotopic (exact) mass is 429 g/mol. The molecule has 4 rings (SSSR count). The van der Waals surface area contributed by atoms with Crippen molar-refractivity contribution in [1.29, 1.82) is 0 Å². The van der Waals surface area contributed by atoms with Gasteiger partial charge in [-0.15, -0.1) is 0 Å². The summed E-state index contributed by atoms with van der Waals surface area (Å²) in [7, 11) is 0. The van der Waals surface area contributed by atoms with Gasteiger partial charge in [-0.2, -0.15) is 0 Å². The first-order valence-electron chi connectivity index (χ1n) is 10.0. The first-order chi connectivity index (χ1) is 14.5. The van der Waals surface area contributed by atoms with Gasteiger partial charge in [0.05, 0.1) is 25.1 Å². The van der Waals surface area contributed by atoms with Crippen LogP contribution in [0.2, 0.25) is 5.02 Å². The molecule has 3 heterocycles. The quantitative estimate of drug-likeness (QED) is 0.651. The SMILES string of the molecule is CCn1cc(C(=O)NCc2ccc(Cl)cc2)c(=O)c2cc(CN3CCOCC3)oc21. The van der Waals surface area contributed by atoms with Gasteiger partial charge in [-0.25, -0.2) is 0 Å². The number of aryl methyl sites for hydroxylation is 1. The van der Waals surface area contributed by atoms with Crippen LogP contribution in [0.25, 0.3) is 11.1 Å². The lowest BCUT2D eigenvalue weighted by molar-refractivity contribution is 0.0315. The summed E-state index contributed by atoms with van der Waals surface area (Å²) >= 11 is 5.89. The molecule has 0 unspecified atom stereocenters. The number of halogens is 1. The number of hydrogen-bond acceptors (Lipinski definition) is 5. The maximum absolute atomic E-state index is 13.0. The van der Waals surface area contributed by atoms with Crippen LogP contribution in [0.4, 0.5) is 0 Å². The van der Waals surface area contributed by atoms with E-state index in [0.29, 0.717) is 54.7 Å². The van der Waals surface area contributed by atoms with Crippen LogP contribution >= 0.6 is 11.6 Å². The molecule has 7 nitrogen and oxygen atoms in total. The average Bonchev–Trinajstić information content (AvgIpc) is 3.18. The van der Waals surface area contributed by atoms with E-state index in [1.165, 1.54) is 0 Å². The highest BCUT2D eigenvalue weighted by Crippen LogP contribution is 2.20. The number of morpholine rings is 1. The Morgan fingerprint density at radius 1 is 1.20 bits per heavy atom. The lowest BCUT2D eigenvalue weighted by Crippen LogP contribution is -2.35.